The van der Waals surface area contributed by atoms with Gasteiger partial charge in [-0.1, -0.05) is 45.3 Å². The second-order valence-corrected chi connectivity index (χ2v) is 7.85. The van der Waals surface area contributed by atoms with Gasteiger partial charge in [0.05, 0.1) is 11.4 Å². The predicted octanol–water partition coefficient (Wildman–Crippen LogP) is 5.02. The highest BCUT2D eigenvalue weighted by Gasteiger charge is 2.25. The van der Waals surface area contributed by atoms with Crippen molar-refractivity contribution in [3.63, 3.8) is 0 Å². The Hall–Kier alpha value is -1.22. The number of methoxy groups -OCH3 is 1. The summed E-state index contributed by atoms with van der Waals surface area (Å²) in [6.07, 6.45) is 17.2. The second-order valence-electron chi connectivity index (χ2n) is 7.85. The van der Waals surface area contributed by atoms with Crippen molar-refractivity contribution in [1.29, 1.82) is 0 Å². The van der Waals surface area contributed by atoms with E-state index in [0.717, 1.165) is 32.4 Å². The van der Waals surface area contributed by atoms with Crippen molar-refractivity contribution in [3.05, 3.63) is 35.2 Å². The molecule has 0 atom stereocenters. The number of rotatable bonds is 9. The lowest BCUT2D eigenvalue weighted by atomic mass is 9.92. The first kappa shape index (κ1) is 20.1. The summed E-state index contributed by atoms with van der Waals surface area (Å²) in [6, 6.07) is 0.703. The molecule has 0 aromatic heterocycles. The second kappa shape index (κ2) is 10.7. The van der Waals surface area contributed by atoms with Crippen molar-refractivity contribution in [1.82, 2.24) is 10.2 Å². The van der Waals surface area contributed by atoms with Crippen molar-refractivity contribution >= 4 is 0 Å². The van der Waals surface area contributed by atoms with Crippen LogP contribution in [0.3, 0.4) is 0 Å². The van der Waals surface area contributed by atoms with Gasteiger partial charge in [-0.25, -0.2) is 0 Å². The maximum Gasteiger partial charge on any atom is 0.0575 e. The highest BCUT2D eigenvalue weighted by molar-refractivity contribution is 5.39. The van der Waals surface area contributed by atoms with Gasteiger partial charge in [0, 0.05) is 33.4 Å². The molecule has 0 bridgehead atoms. The quantitative estimate of drug-likeness (QED) is 0.593. The summed E-state index contributed by atoms with van der Waals surface area (Å²) < 4.78 is 5.21. The van der Waals surface area contributed by atoms with Crippen molar-refractivity contribution in [2.45, 2.75) is 71.3 Å². The fourth-order valence-electron chi connectivity index (χ4n) is 4.05. The van der Waals surface area contributed by atoms with Crippen LogP contribution in [0, 0.1) is 5.92 Å². The van der Waals surface area contributed by atoms with Crippen LogP contribution in [0.4, 0.5) is 0 Å². The van der Waals surface area contributed by atoms with E-state index in [-0.39, 0.29) is 0 Å². The molecular formula is C22H38N2O. The predicted molar refractivity (Wildman–Crippen MR) is 107 cm³/mol. The van der Waals surface area contributed by atoms with E-state index in [4.69, 9.17) is 4.74 Å². The molecule has 3 nitrogen and oxygen atoms in total. The lowest BCUT2D eigenvalue weighted by molar-refractivity contribution is 0.183. The zero-order valence-corrected chi connectivity index (χ0v) is 16.8. The third-order valence-corrected chi connectivity index (χ3v) is 5.27. The standard InChI is InChI=1S/C22H38N2O/c1-18(2)17-24(20-12-6-5-7-13-20)22-14-8-10-19(11-9-15-25-4)16-21(22)23-3/h10,14,16,18,20,23H,5-9,11-13,15,17H2,1-4H3. The van der Waals surface area contributed by atoms with Crippen molar-refractivity contribution < 1.29 is 4.74 Å². The number of ether oxygens (including phenoxy) is 1. The lowest BCUT2D eigenvalue weighted by Gasteiger charge is -2.39. The summed E-state index contributed by atoms with van der Waals surface area (Å²) in [4.78, 5) is 2.71. The van der Waals surface area contributed by atoms with Gasteiger partial charge in [0.15, 0.2) is 0 Å². The molecule has 0 heterocycles. The molecular weight excluding hydrogens is 308 g/mol. The monoisotopic (exact) mass is 346 g/mol. The minimum atomic E-state index is 0.679. The summed E-state index contributed by atoms with van der Waals surface area (Å²) in [5.41, 5.74) is 4.13. The zero-order valence-electron chi connectivity index (χ0n) is 16.8. The fraction of sp³-hybridized carbons (Fsp3) is 0.727. The Morgan fingerprint density at radius 1 is 1.20 bits per heavy atom. The maximum atomic E-state index is 5.21. The topological polar surface area (TPSA) is 24.5 Å². The van der Waals surface area contributed by atoms with Crippen LogP contribution in [0.15, 0.2) is 35.2 Å². The largest absolute Gasteiger partial charge is 0.386 e. The normalized spacial score (nSPS) is 19.2. The zero-order chi connectivity index (χ0) is 18.1. The Bertz CT molecular complexity index is 484. The van der Waals surface area contributed by atoms with Gasteiger partial charge in [-0.05, 0) is 49.7 Å². The van der Waals surface area contributed by atoms with Crippen LogP contribution in [-0.2, 0) is 4.74 Å². The van der Waals surface area contributed by atoms with Gasteiger partial charge in [0.2, 0.25) is 0 Å². The molecule has 2 aliphatic rings. The first-order chi connectivity index (χ1) is 12.2. The molecule has 0 spiro atoms. The molecule has 2 aliphatic carbocycles. The van der Waals surface area contributed by atoms with Gasteiger partial charge in [-0.15, -0.1) is 0 Å². The van der Waals surface area contributed by atoms with E-state index >= 15 is 0 Å². The molecule has 1 fully saturated rings. The van der Waals surface area contributed by atoms with Gasteiger partial charge in [0.25, 0.3) is 0 Å². The summed E-state index contributed by atoms with van der Waals surface area (Å²) in [5.74, 6) is 0.679. The Morgan fingerprint density at radius 3 is 2.60 bits per heavy atom. The van der Waals surface area contributed by atoms with Crippen LogP contribution in [0.5, 0.6) is 0 Å². The molecule has 3 heteroatoms. The number of likely N-dealkylation sites (N-methyl/N-ethyl adjacent to an activating group) is 1. The van der Waals surface area contributed by atoms with Crippen LogP contribution in [0.2, 0.25) is 0 Å². The third kappa shape index (κ3) is 6.22. The van der Waals surface area contributed by atoms with E-state index in [9.17, 15) is 0 Å². The Kier molecular flexibility index (Phi) is 8.60. The molecule has 0 aromatic carbocycles. The van der Waals surface area contributed by atoms with E-state index in [0.29, 0.717) is 12.0 Å². The van der Waals surface area contributed by atoms with E-state index in [2.05, 4.69) is 49.3 Å². The van der Waals surface area contributed by atoms with Gasteiger partial charge < -0.3 is 15.0 Å². The Morgan fingerprint density at radius 2 is 1.96 bits per heavy atom. The number of allylic oxidation sites excluding steroid dienone is 4. The van der Waals surface area contributed by atoms with Gasteiger partial charge >= 0.3 is 0 Å². The van der Waals surface area contributed by atoms with Crippen molar-refractivity contribution in [2.24, 2.45) is 5.92 Å². The summed E-state index contributed by atoms with van der Waals surface area (Å²) in [5, 5.41) is 3.49. The third-order valence-electron chi connectivity index (χ3n) is 5.27. The number of nitrogens with one attached hydrogen (secondary N) is 1. The molecule has 0 aromatic rings. The molecule has 2 rings (SSSR count). The van der Waals surface area contributed by atoms with Crippen molar-refractivity contribution in [2.75, 3.05) is 27.3 Å². The highest BCUT2D eigenvalue weighted by Crippen LogP contribution is 2.30. The summed E-state index contributed by atoms with van der Waals surface area (Å²) in [7, 11) is 3.84. The first-order valence-electron chi connectivity index (χ1n) is 10.2. The average Bonchev–Trinajstić information content (AvgIpc) is 2.82. The molecule has 25 heavy (non-hydrogen) atoms. The van der Waals surface area contributed by atoms with Gasteiger partial charge in [-0.3, -0.25) is 0 Å². The highest BCUT2D eigenvalue weighted by atomic mass is 16.5. The van der Waals surface area contributed by atoms with E-state index < -0.39 is 0 Å². The summed E-state index contributed by atoms with van der Waals surface area (Å²) in [6.45, 7) is 6.66. The molecule has 0 unspecified atom stereocenters. The minimum Gasteiger partial charge on any atom is -0.386 e. The summed E-state index contributed by atoms with van der Waals surface area (Å²) >= 11 is 0. The SMILES string of the molecule is CNC1=CC(CCCOC)=CCC=C1N(CC(C)C)C1CCCCC1. The molecule has 0 amide bonds. The average molecular weight is 347 g/mol. The smallest absolute Gasteiger partial charge is 0.0575 e. The van der Waals surface area contributed by atoms with Crippen LogP contribution in [-0.4, -0.2) is 38.3 Å². The van der Waals surface area contributed by atoms with Crippen LogP contribution >= 0.6 is 0 Å². The van der Waals surface area contributed by atoms with Gasteiger partial charge in [0.1, 0.15) is 0 Å². The maximum absolute atomic E-state index is 5.21. The number of hydrogen-bond donors (Lipinski definition) is 1. The van der Waals surface area contributed by atoms with Crippen LogP contribution in [0.1, 0.15) is 65.2 Å². The number of nitrogens with zero attached hydrogens (tertiary/aromatic N) is 1. The van der Waals surface area contributed by atoms with Crippen LogP contribution < -0.4 is 5.32 Å². The van der Waals surface area contributed by atoms with E-state index in [1.807, 2.05) is 0 Å². The van der Waals surface area contributed by atoms with Gasteiger partial charge in [-0.2, -0.15) is 0 Å². The Balaban J connectivity index is 2.17. The molecule has 1 saturated carbocycles. The molecule has 0 aliphatic heterocycles. The first-order valence-corrected chi connectivity index (χ1v) is 10.2. The molecule has 0 saturated heterocycles. The van der Waals surface area contributed by atoms with E-state index in [1.54, 1.807) is 7.11 Å². The Labute approximate surface area is 155 Å². The van der Waals surface area contributed by atoms with E-state index in [1.165, 1.54) is 49.1 Å². The molecule has 142 valence electrons. The fourth-order valence-corrected chi connectivity index (χ4v) is 4.05. The number of hydrogen-bond acceptors (Lipinski definition) is 3. The van der Waals surface area contributed by atoms with Crippen molar-refractivity contribution in [3.8, 4) is 0 Å². The minimum absolute atomic E-state index is 0.679. The molecule has 0 radical (unpaired) electrons. The van der Waals surface area contributed by atoms with Crippen LogP contribution in [0.25, 0.3) is 0 Å². The molecule has 1 N–H and O–H groups in total. The lowest BCUT2D eigenvalue weighted by Crippen LogP contribution is -2.40.